The minimum Gasteiger partial charge on any atom is -0.368 e. The number of amides is 2. The molecule has 0 saturated carbocycles. The van der Waals surface area contributed by atoms with Crippen LogP contribution in [0.3, 0.4) is 0 Å². The maximum Gasteiger partial charge on any atom is 0.239 e. The number of para-hydroxylation sites is 1. The number of nitrogens with two attached hydrogens (primary N) is 1. The Bertz CT molecular complexity index is 523. The summed E-state index contributed by atoms with van der Waals surface area (Å²) in [5.41, 5.74) is 6.29. The monoisotopic (exact) mass is 354 g/mol. The van der Waals surface area contributed by atoms with Gasteiger partial charge in [-0.15, -0.1) is 0 Å². The molecule has 4 N–H and O–H groups in total. The van der Waals surface area contributed by atoms with Crippen LogP contribution >= 0.6 is 15.9 Å². The Hall–Kier alpha value is -1.60. The molecule has 1 aromatic rings. The van der Waals surface area contributed by atoms with Crippen molar-refractivity contribution in [3.63, 3.8) is 0 Å². The summed E-state index contributed by atoms with van der Waals surface area (Å²) in [7, 11) is 0. The lowest BCUT2D eigenvalue weighted by molar-refractivity contribution is -0.125. The first-order chi connectivity index (χ1) is 10.1. The maximum atomic E-state index is 11.7. The van der Waals surface area contributed by atoms with Gasteiger partial charge in [0.2, 0.25) is 11.8 Å². The first-order valence-electron chi connectivity index (χ1n) is 6.85. The largest absolute Gasteiger partial charge is 0.368 e. The lowest BCUT2D eigenvalue weighted by Gasteiger charge is -2.20. The standard InChI is InChI=1S/C14H19BrN4O2/c15-11-3-1-2-4-12(11)19-6-5-10(9-19)18-14(21)8-17-13(20)7-16/h1-4,10H,5-9,16H2,(H,17,20)(H,18,21). The molecule has 0 radical (unpaired) electrons. The second-order valence-corrected chi connectivity index (χ2v) is 5.79. The molecule has 1 atom stereocenters. The van der Waals surface area contributed by atoms with Crippen LogP contribution in [0.5, 0.6) is 0 Å². The van der Waals surface area contributed by atoms with E-state index in [9.17, 15) is 9.59 Å². The van der Waals surface area contributed by atoms with E-state index in [0.717, 1.165) is 29.7 Å². The molecule has 1 aromatic carbocycles. The van der Waals surface area contributed by atoms with Gasteiger partial charge in [0, 0.05) is 23.6 Å². The van der Waals surface area contributed by atoms with Crippen molar-refractivity contribution >= 4 is 33.4 Å². The summed E-state index contributed by atoms with van der Waals surface area (Å²) in [5.74, 6) is -0.512. The number of carbonyl (C=O) groups excluding carboxylic acids is 2. The quantitative estimate of drug-likeness (QED) is 0.705. The zero-order valence-electron chi connectivity index (χ0n) is 11.6. The molecule has 0 aromatic heterocycles. The molecule has 114 valence electrons. The lowest BCUT2D eigenvalue weighted by Crippen LogP contribution is -2.44. The van der Waals surface area contributed by atoms with Crippen molar-refractivity contribution in [2.45, 2.75) is 12.5 Å². The number of anilines is 1. The molecule has 6 nitrogen and oxygen atoms in total. The Morgan fingerprint density at radius 3 is 2.81 bits per heavy atom. The van der Waals surface area contributed by atoms with Crippen LogP contribution in [0.15, 0.2) is 28.7 Å². The third kappa shape index (κ3) is 4.44. The Labute approximate surface area is 132 Å². The van der Waals surface area contributed by atoms with E-state index in [0.29, 0.717) is 0 Å². The first kappa shape index (κ1) is 15.8. The zero-order chi connectivity index (χ0) is 15.2. The Balaban J connectivity index is 1.81. The summed E-state index contributed by atoms with van der Waals surface area (Å²) in [6, 6.07) is 8.12. The number of carbonyl (C=O) groups is 2. The van der Waals surface area contributed by atoms with E-state index < -0.39 is 0 Å². The molecule has 1 heterocycles. The number of nitrogens with zero attached hydrogens (tertiary/aromatic N) is 1. The van der Waals surface area contributed by atoms with Crippen LogP contribution in [0.25, 0.3) is 0 Å². The highest BCUT2D eigenvalue weighted by Gasteiger charge is 2.24. The third-order valence-corrected chi connectivity index (χ3v) is 4.05. The summed E-state index contributed by atoms with van der Waals surface area (Å²) in [6.45, 7) is 1.52. The van der Waals surface area contributed by atoms with Crippen molar-refractivity contribution in [1.29, 1.82) is 0 Å². The van der Waals surface area contributed by atoms with Gasteiger partial charge in [0.25, 0.3) is 0 Å². The molecular weight excluding hydrogens is 336 g/mol. The van der Waals surface area contributed by atoms with Crippen LogP contribution in [-0.2, 0) is 9.59 Å². The van der Waals surface area contributed by atoms with E-state index in [1.807, 2.05) is 18.2 Å². The van der Waals surface area contributed by atoms with Crippen LogP contribution in [0.1, 0.15) is 6.42 Å². The van der Waals surface area contributed by atoms with E-state index in [-0.39, 0.29) is 30.9 Å². The van der Waals surface area contributed by atoms with E-state index in [2.05, 4.69) is 37.5 Å². The number of hydrogen-bond donors (Lipinski definition) is 3. The molecule has 1 fully saturated rings. The molecule has 7 heteroatoms. The van der Waals surface area contributed by atoms with Crippen molar-refractivity contribution in [2.75, 3.05) is 31.1 Å². The van der Waals surface area contributed by atoms with Crippen LogP contribution in [0, 0.1) is 0 Å². The van der Waals surface area contributed by atoms with Gasteiger partial charge in [0.15, 0.2) is 0 Å². The molecule has 2 amide bonds. The van der Waals surface area contributed by atoms with Crippen molar-refractivity contribution in [1.82, 2.24) is 10.6 Å². The molecule has 1 unspecified atom stereocenters. The number of hydrogen-bond acceptors (Lipinski definition) is 4. The molecule has 21 heavy (non-hydrogen) atoms. The summed E-state index contributed by atoms with van der Waals surface area (Å²) >= 11 is 3.54. The fraction of sp³-hybridized carbons (Fsp3) is 0.429. The fourth-order valence-corrected chi connectivity index (χ4v) is 2.87. The van der Waals surface area contributed by atoms with Crippen molar-refractivity contribution in [3.05, 3.63) is 28.7 Å². The van der Waals surface area contributed by atoms with Gasteiger partial charge in [-0.1, -0.05) is 12.1 Å². The average Bonchev–Trinajstić information content (AvgIpc) is 2.93. The topological polar surface area (TPSA) is 87.5 Å². The Kier molecular flexibility index (Phi) is 5.58. The predicted molar refractivity (Wildman–Crippen MR) is 85.0 cm³/mol. The number of nitrogens with one attached hydrogen (secondary N) is 2. The maximum absolute atomic E-state index is 11.7. The average molecular weight is 355 g/mol. The van der Waals surface area contributed by atoms with Gasteiger partial charge < -0.3 is 21.3 Å². The molecule has 0 aliphatic carbocycles. The molecule has 2 rings (SSSR count). The van der Waals surface area contributed by atoms with Crippen molar-refractivity contribution in [3.8, 4) is 0 Å². The smallest absolute Gasteiger partial charge is 0.239 e. The normalized spacial score (nSPS) is 17.6. The van der Waals surface area contributed by atoms with Gasteiger partial charge in [-0.25, -0.2) is 0 Å². The van der Waals surface area contributed by atoms with Crippen LogP contribution < -0.4 is 21.3 Å². The number of halogens is 1. The summed E-state index contributed by atoms with van der Waals surface area (Å²) in [5, 5.41) is 5.39. The minimum atomic E-state index is -0.327. The summed E-state index contributed by atoms with van der Waals surface area (Å²) in [6.07, 6.45) is 0.887. The highest BCUT2D eigenvalue weighted by molar-refractivity contribution is 9.10. The van der Waals surface area contributed by atoms with Gasteiger partial charge in [0.05, 0.1) is 18.8 Å². The predicted octanol–water partition coefficient (Wildman–Crippen LogP) is 0.219. The van der Waals surface area contributed by atoms with Crippen LogP contribution in [-0.4, -0.2) is 44.0 Å². The van der Waals surface area contributed by atoms with E-state index >= 15 is 0 Å². The van der Waals surface area contributed by atoms with Gasteiger partial charge in [0.1, 0.15) is 0 Å². The van der Waals surface area contributed by atoms with E-state index in [1.165, 1.54) is 0 Å². The number of rotatable bonds is 5. The van der Waals surface area contributed by atoms with Crippen LogP contribution in [0.2, 0.25) is 0 Å². The molecule has 0 bridgehead atoms. The van der Waals surface area contributed by atoms with Crippen LogP contribution in [0.4, 0.5) is 5.69 Å². The second-order valence-electron chi connectivity index (χ2n) is 4.93. The molecule has 1 saturated heterocycles. The van der Waals surface area contributed by atoms with Crippen molar-refractivity contribution < 1.29 is 9.59 Å². The molecule has 0 spiro atoms. The van der Waals surface area contributed by atoms with Gasteiger partial charge in [-0.3, -0.25) is 9.59 Å². The molecule has 1 aliphatic heterocycles. The highest BCUT2D eigenvalue weighted by Crippen LogP contribution is 2.28. The van der Waals surface area contributed by atoms with Gasteiger partial charge in [-0.05, 0) is 34.5 Å². The Morgan fingerprint density at radius 2 is 2.10 bits per heavy atom. The molecule has 1 aliphatic rings. The second kappa shape index (κ2) is 7.42. The minimum absolute atomic E-state index is 0.0262. The summed E-state index contributed by atoms with van der Waals surface area (Å²) < 4.78 is 1.05. The van der Waals surface area contributed by atoms with Crippen molar-refractivity contribution in [2.24, 2.45) is 5.73 Å². The van der Waals surface area contributed by atoms with E-state index in [1.54, 1.807) is 0 Å². The summed E-state index contributed by atoms with van der Waals surface area (Å²) in [4.78, 5) is 25.0. The third-order valence-electron chi connectivity index (χ3n) is 3.38. The number of benzene rings is 1. The fourth-order valence-electron chi connectivity index (χ4n) is 2.33. The molecular formula is C14H19BrN4O2. The van der Waals surface area contributed by atoms with E-state index in [4.69, 9.17) is 5.73 Å². The van der Waals surface area contributed by atoms with Gasteiger partial charge in [-0.2, -0.15) is 0 Å². The SMILES string of the molecule is NCC(=O)NCC(=O)NC1CCN(c2ccccc2Br)C1. The zero-order valence-corrected chi connectivity index (χ0v) is 13.2. The Morgan fingerprint density at radius 1 is 1.33 bits per heavy atom. The highest BCUT2D eigenvalue weighted by atomic mass is 79.9. The first-order valence-corrected chi connectivity index (χ1v) is 7.65. The lowest BCUT2D eigenvalue weighted by atomic mass is 10.2. The van der Waals surface area contributed by atoms with Gasteiger partial charge >= 0.3 is 0 Å².